The van der Waals surface area contributed by atoms with Gasteiger partial charge in [0.1, 0.15) is 0 Å². The third-order valence-corrected chi connectivity index (χ3v) is 3.47. The molecule has 0 radical (unpaired) electrons. The summed E-state index contributed by atoms with van der Waals surface area (Å²) in [5, 5.41) is 3.41. The summed E-state index contributed by atoms with van der Waals surface area (Å²) in [6, 6.07) is 0.517. The first-order valence-corrected chi connectivity index (χ1v) is 5.75. The van der Waals surface area contributed by atoms with Gasteiger partial charge in [-0.3, -0.25) is 0 Å². The Morgan fingerprint density at radius 2 is 2.47 bits per heavy atom. The third kappa shape index (κ3) is 1.68. The Morgan fingerprint density at radius 3 is 3.20 bits per heavy atom. The van der Waals surface area contributed by atoms with E-state index >= 15 is 0 Å². The number of hydrogen-bond donors (Lipinski definition) is 1. The Morgan fingerprint density at radius 1 is 1.47 bits per heavy atom. The van der Waals surface area contributed by atoms with Crippen LogP contribution in [0.2, 0.25) is 0 Å². The normalized spacial score (nSPS) is 31.2. The first kappa shape index (κ1) is 9.36. The average Bonchev–Trinajstić information content (AvgIpc) is 3.01. The van der Waals surface area contributed by atoms with Gasteiger partial charge in [0.05, 0.1) is 19.0 Å². The van der Waals surface area contributed by atoms with E-state index in [4.69, 9.17) is 4.74 Å². The van der Waals surface area contributed by atoms with Crippen molar-refractivity contribution in [2.24, 2.45) is 0 Å². The smallest absolute Gasteiger partial charge is 0.0951 e. The molecule has 0 aromatic carbocycles. The second-order valence-electron chi connectivity index (χ2n) is 4.43. The van der Waals surface area contributed by atoms with E-state index in [1.54, 1.807) is 0 Å². The van der Waals surface area contributed by atoms with Crippen molar-refractivity contribution in [3.8, 4) is 0 Å². The molecular formula is C11H17N3O. The molecule has 4 nitrogen and oxygen atoms in total. The first-order chi connectivity index (χ1) is 7.45. The van der Waals surface area contributed by atoms with E-state index in [2.05, 4.69) is 14.9 Å². The van der Waals surface area contributed by atoms with Crippen LogP contribution in [-0.2, 0) is 4.74 Å². The maximum Gasteiger partial charge on any atom is 0.0951 e. The van der Waals surface area contributed by atoms with Gasteiger partial charge in [-0.2, -0.15) is 0 Å². The van der Waals surface area contributed by atoms with Crippen LogP contribution in [0.25, 0.3) is 0 Å². The zero-order chi connectivity index (χ0) is 10.1. The molecule has 15 heavy (non-hydrogen) atoms. The van der Waals surface area contributed by atoms with Gasteiger partial charge >= 0.3 is 0 Å². The van der Waals surface area contributed by atoms with Crippen LogP contribution in [0.5, 0.6) is 0 Å². The van der Waals surface area contributed by atoms with Gasteiger partial charge < -0.3 is 14.6 Å². The van der Waals surface area contributed by atoms with Crippen molar-refractivity contribution >= 4 is 0 Å². The molecule has 1 aromatic heterocycles. The molecule has 0 saturated carbocycles. The van der Waals surface area contributed by atoms with Gasteiger partial charge in [-0.15, -0.1) is 0 Å². The van der Waals surface area contributed by atoms with Gasteiger partial charge in [0.15, 0.2) is 0 Å². The largest absolute Gasteiger partial charge is 0.379 e. The molecule has 3 rings (SSSR count). The minimum absolute atomic E-state index is 0.517. The average molecular weight is 207 g/mol. The molecule has 1 N–H and O–H groups in total. The van der Waals surface area contributed by atoms with Crippen LogP contribution in [0.15, 0.2) is 12.5 Å². The second-order valence-corrected chi connectivity index (χ2v) is 4.43. The van der Waals surface area contributed by atoms with Crippen molar-refractivity contribution in [2.45, 2.75) is 24.8 Å². The van der Waals surface area contributed by atoms with Gasteiger partial charge in [-0.25, -0.2) is 4.98 Å². The maximum absolute atomic E-state index is 5.43. The van der Waals surface area contributed by atoms with Gasteiger partial charge in [0.25, 0.3) is 0 Å². The summed E-state index contributed by atoms with van der Waals surface area (Å²) in [5.41, 5.74) is 1.38. The highest BCUT2D eigenvalue weighted by Gasteiger charge is 2.25. The maximum atomic E-state index is 5.43. The summed E-state index contributed by atoms with van der Waals surface area (Å²) in [4.78, 5) is 4.29. The molecular weight excluding hydrogens is 190 g/mol. The van der Waals surface area contributed by atoms with Crippen molar-refractivity contribution < 1.29 is 4.74 Å². The minimum Gasteiger partial charge on any atom is -0.379 e. The molecule has 2 saturated heterocycles. The van der Waals surface area contributed by atoms with Crippen LogP contribution in [0.1, 0.15) is 30.5 Å². The van der Waals surface area contributed by atoms with Crippen LogP contribution in [0, 0.1) is 0 Å². The van der Waals surface area contributed by atoms with E-state index in [0.717, 1.165) is 32.7 Å². The van der Waals surface area contributed by atoms with Gasteiger partial charge in [-0.05, 0) is 19.4 Å². The molecule has 2 aliphatic heterocycles. The molecule has 3 heterocycles. The topological polar surface area (TPSA) is 39.1 Å². The zero-order valence-electron chi connectivity index (χ0n) is 8.85. The predicted molar refractivity (Wildman–Crippen MR) is 56.9 cm³/mol. The monoisotopic (exact) mass is 207 g/mol. The lowest BCUT2D eigenvalue weighted by Gasteiger charge is -2.17. The lowest BCUT2D eigenvalue weighted by molar-refractivity contribution is 0.186. The fourth-order valence-electron chi connectivity index (χ4n) is 2.58. The van der Waals surface area contributed by atoms with Crippen LogP contribution in [0.3, 0.4) is 0 Å². The Kier molecular flexibility index (Phi) is 2.46. The van der Waals surface area contributed by atoms with Crippen molar-refractivity contribution in [3.63, 3.8) is 0 Å². The summed E-state index contributed by atoms with van der Waals surface area (Å²) >= 11 is 0. The van der Waals surface area contributed by atoms with Gasteiger partial charge in [0.2, 0.25) is 0 Å². The van der Waals surface area contributed by atoms with E-state index in [1.807, 2.05) is 12.5 Å². The molecule has 1 aromatic rings. The van der Waals surface area contributed by atoms with Crippen LogP contribution >= 0.6 is 0 Å². The molecule has 2 fully saturated rings. The van der Waals surface area contributed by atoms with Gasteiger partial charge in [-0.1, -0.05) is 0 Å². The van der Waals surface area contributed by atoms with E-state index in [1.165, 1.54) is 12.1 Å². The highest BCUT2D eigenvalue weighted by Crippen LogP contribution is 2.27. The van der Waals surface area contributed by atoms with Crippen molar-refractivity contribution in [3.05, 3.63) is 18.2 Å². The summed E-state index contributed by atoms with van der Waals surface area (Å²) in [7, 11) is 0. The van der Waals surface area contributed by atoms with E-state index in [-0.39, 0.29) is 0 Å². The van der Waals surface area contributed by atoms with Crippen LogP contribution in [0.4, 0.5) is 0 Å². The van der Waals surface area contributed by atoms with E-state index in [9.17, 15) is 0 Å². The van der Waals surface area contributed by atoms with E-state index in [0.29, 0.717) is 12.0 Å². The van der Waals surface area contributed by atoms with Crippen molar-refractivity contribution in [1.29, 1.82) is 0 Å². The Balaban J connectivity index is 1.84. The zero-order valence-corrected chi connectivity index (χ0v) is 8.85. The number of nitrogens with zero attached hydrogens (tertiary/aromatic N) is 2. The number of rotatable bonds is 2. The molecule has 4 heteroatoms. The van der Waals surface area contributed by atoms with E-state index < -0.39 is 0 Å². The number of ether oxygens (including phenoxy) is 1. The SMILES string of the molecule is c1ncn(C2CCOC2)c1C1CCNC1. The Hall–Kier alpha value is -0.870. The summed E-state index contributed by atoms with van der Waals surface area (Å²) in [5.74, 6) is 0.646. The first-order valence-electron chi connectivity index (χ1n) is 5.75. The number of aromatic nitrogens is 2. The minimum atomic E-state index is 0.517. The lowest BCUT2D eigenvalue weighted by atomic mass is 10.0. The molecule has 0 amide bonds. The standard InChI is InChI=1S/C11H17N3O/c1-3-12-5-9(1)11-6-13-8-14(11)10-2-4-15-7-10/h6,8-10,12H,1-5,7H2. The predicted octanol–water partition coefficient (Wildman–Crippen LogP) is 0.921. The van der Waals surface area contributed by atoms with Crippen LogP contribution in [-0.4, -0.2) is 35.9 Å². The van der Waals surface area contributed by atoms with Crippen LogP contribution < -0.4 is 5.32 Å². The summed E-state index contributed by atoms with van der Waals surface area (Å²) in [6.07, 6.45) is 6.35. The lowest BCUT2D eigenvalue weighted by Crippen LogP contribution is -2.15. The molecule has 0 aliphatic carbocycles. The fourth-order valence-corrected chi connectivity index (χ4v) is 2.58. The van der Waals surface area contributed by atoms with Crippen molar-refractivity contribution in [1.82, 2.24) is 14.9 Å². The van der Waals surface area contributed by atoms with Gasteiger partial charge in [0, 0.05) is 31.0 Å². The third-order valence-electron chi connectivity index (χ3n) is 3.47. The molecule has 0 spiro atoms. The fraction of sp³-hybridized carbons (Fsp3) is 0.727. The molecule has 2 aliphatic rings. The number of nitrogens with one attached hydrogen (secondary N) is 1. The summed E-state index contributed by atoms with van der Waals surface area (Å²) < 4.78 is 7.76. The molecule has 2 atom stereocenters. The molecule has 2 unspecified atom stereocenters. The number of hydrogen-bond acceptors (Lipinski definition) is 3. The van der Waals surface area contributed by atoms with Crippen molar-refractivity contribution in [2.75, 3.05) is 26.3 Å². The quantitative estimate of drug-likeness (QED) is 0.784. The number of imidazole rings is 1. The molecule has 0 bridgehead atoms. The summed E-state index contributed by atoms with van der Waals surface area (Å²) in [6.45, 7) is 3.98. The highest BCUT2D eigenvalue weighted by molar-refractivity contribution is 5.10. The molecule has 82 valence electrons. The highest BCUT2D eigenvalue weighted by atomic mass is 16.5. The Bertz CT molecular complexity index is 294. The second kappa shape index (κ2) is 3.94. The Labute approximate surface area is 89.6 Å².